The summed E-state index contributed by atoms with van der Waals surface area (Å²) in [7, 11) is 1.93. The highest BCUT2D eigenvalue weighted by Gasteiger charge is 2.22. The van der Waals surface area contributed by atoms with E-state index in [2.05, 4.69) is 34.5 Å². The van der Waals surface area contributed by atoms with Gasteiger partial charge in [0.05, 0.1) is 5.70 Å². The van der Waals surface area contributed by atoms with Crippen LogP contribution in [0.25, 0.3) is 5.70 Å². The van der Waals surface area contributed by atoms with Crippen molar-refractivity contribution in [2.45, 2.75) is 25.7 Å². The zero-order valence-corrected chi connectivity index (χ0v) is 18.6. The largest absolute Gasteiger partial charge is 0.384 e. The summed E-state index contributed by atoms with van der Waals surface area (Å²) in [5.74, 6) is 0.792. The van der Waals surface area contributed by atoms with Gasteiger partial charge in [-0.05, 0) is 42.9 Å². The van der Waals surface area contributed by atoms with Crippen molar-refractivity contribution in [1.82, 2.24) is 20.9 Å². The number of amides is 1. The lowest BCUT2D eigenvalue weighted by atomic mass is 9.96. The molecule has 0 aliphatic carbocycles. The smallest absolute Gasteiger partial charge is 0.222 e. The molecule has 0 aromatic heterocycles. The quantitative estimate of drug-likeness (QED) is 0.482. The molecule has 0 atom stereocenters. The van der Waals surface area contributed by atoms with Crippen molar-refractivity contribution >= 4 is 23.5 Å². The summed E-state index contributed by atoms with van der Waals surface area (Å²) in [6, 6.07) is 16.3. The van der Waals surface area contributed by atoms with Gasteiger partial charge in [0.1, 0.15) is 0 Å². The molecule has 7 heteroatoms. The Morgan fingerprint density at radius 3 is 2.66 bits per heavy atom. The van der Waals surface area contributed by atoms with Crippen molar-refractivity contribution in [3.63, 3.8) is 0 Å². The fourth-order valence-electron chi connectivity index (χ4n) is 4.26. The Kier molecular flexibility index (Phi) is 7.07. The zero-order chi connectivity index (χ0) is 22.3. The van der Waals surface area contributed by atoms with Crippen LogP contribution in [0.2, 0.25) is 0 Å². The molecule has 7 nitrogen and oxygen atoms in total. The van der Waals surface area contributed by atoms with Crippen molar-refractivity contribution in [2.24, 2.45) is 5.92 Å². The maximum atomic E-state index is 12.6. The molecule has 2 aromatic carbocycles. The molecule has 4 N–H and O–H groups in total. The molecule has 32 heavy (non-hydrogen) atoms. The van der Waals surface area contributed by atoms with Gasteiger partial charge in [-0.3, -0.25) is 9.80 Å². The van der Waals surface area contributed by atoms with Crippen LogP contribution in [0, 0.1) is 11.3 Å². The van der Waals surface area contributed by atoms with Gasteiger partial charge in [-0.2, -0.15) is 0 Å². The molecule has 4 rings (SSSR count). The molecule has 2 aliphatic heterocycles. The van der Waals surface area contributed by atoms with E-state index in [4.69, 9.17) is 5.41 Å². The number of hydrogen-bond donors (Lipinski definition) is 4. The molecule has 1 fully saturated rings. The fourth-order valence-corrected chi connectivity index (χ4v) is 4.26. The second-order valence-electron chi connectivity index (χ2n) is 8.53. The molecular formula is C25H32N6O. The number of carbonyl (C=O) groups is 1. The van der Waals surface area contributed by atoms with Crippen LogP contribution in [-0.4, -0.2) is 48.7 Å². The van der Waals surface area contributed by atoms with Crippen molar-refractivity contribution < 1.29 is 4.79 Å². The van der Waals surface area contributed by atoms with Crippen LogP contribution in [0.4, 0.5) is 5.69 Å². The standard InChI is InChI=1S/C25H32N6O/c1-30-18-24(28-29-30)21-8-9-23(22(15-21)16-26)27-17-20-11-13-31(14-12-20)25(32)10-7-19-5-3-2-4-6-19/h2-6,8-9,15-16,18,20,26-29H,7,10-14,17H2,1H3. The summed E-state index contributed by atoms with van der Waals surface area (Å²) in [5, 5.41) is 13.2. The summed E-state index contributed by atoms with van der Waals surface area (Å²) < 4.78 is 0. The number of anilines is 1. The van der Waals surface area contributed by atoms with Gasteiger partial charge in [0.25, 0.3) is 0 Å². The SMILES string of the molecule is CN1C=C(c2ccc(NCC3CCN(C(=O)CCc4ccccc4)CC3)c(C=N)c2)NN1. The van der Waals surface area contributed by atoms with Gasteiger partial charge in [0.2, 0.25) is 5.91 Å². The van der Waals surface area contributed by atoms with E-state index in [-0.39, 0.29) is 5.91 Å². The van der Waals surface area contributed by atoms with Crippen molar-refractivity contribution in [3.8, 4) is 0 Å². The van der Waals surface area contributed by atoms with E-state index in [1.807, 2.05) is 53.5 Å². The average Bonchev–Trinajstić information content (AvgIpc) is 3.28. The van der Waals surface area contributed by atoms with E-state index in [0.717, 1.165) is 61.4 Å². The normalized spacial score (nSPS) is 16.5. The number of rotatable bonds is 8. The second-order valence-corrected chi connectivity index (χ2v) is 8.53. The number of nitrogens with one attached hydrogen (secondary N) is 4. The third kappa shape index (κ3) is 5.48. The summed E-state index contributed by atoms with van der Waals surface area (Å²) in [6.07, 6.45) is 6.78. The van der Waals surface area contributed by atoms with Gasteiger partial charge >= 0.3 is 0 Å². The summed E-state index contributed by atoms with van der Waals surface area (Å²) in [6.45, 7) is 2.52. The maximum Gasteiger partial charge on any atom is 0.222 e. The second kappa shape index (κ2) is 10.3. The Morgan fingerprint density at radius 1 is 1.19 bits per heavy atom. The predicted molar refractivity (Wildman–Crippen MR) is 129 cm³/mol. The Morgan fingerprint density at radius 2 is 1.97 bits per heavy atom. The van der Waals surface area contributed by atoms with Crippen LogP contribution in [0.15, 0.2) is 54.7 Å². The molecule has 2 aliphatic rings. The van der Waals surface area contributed by atoms with E-state index in [9.17, 15) is 4.79 Å². The van der Waals surface area contributed by atoms with Crippen LogP contribution < -0.4 is 16.3 Å². The topological polar surface area (TPSA) is 83.5 Å². The number of carbonyl (C=O) groups excluding carboxylic acids is 1. The number of piperidine rings is 1. The van der Waals surface area contributed by atoms with E-state index in [0.29, 0.717) is 12.3 Å². The minimum atomic E-state index is 0.261. The molecule has 1 amide bonds. The first kappa shape index (κ1) is 21.9. The van der Waals surface area contributed by atoms with Gasteiger partial charge < -0.3 is 21.1 Å². The van der Waals surface area contributed by atoms with E-state index in [1.54, 1.807) is 0 Å². The van der Waals surface area contributed by atoms with Gasteiger partial charge in [0, 0.05) is 62.3 Å². The first-order valence-electron chi connectivity index (χ1n) is 11.3. The predicted octanol–water partition coefficient (Wildman–Crippen LogP) is 3.22. The number of hydrazine groups is 2. The molecule has 0 unspecified atom stereocenters. The Bertz CT molecular complexity index is 966. The third-order valence-electron chi connectivity index (χ3n) is 6.23. The van der Waals surface area contributed by atoms with Crippen LogP contribution in [-0.2, 0) is 11.2 Å². The Labute approximate surface area is 189 Å². The van der Waals surface area contributed by atoms with E-state index >= 15 is 0 Å². The highest BCUT2D eigenvalue weighted by Crippen LogP contribution is 2.24. The summed E-state index contributed by atoms with van der Waals surface area (Å²) >= 11 is 0. The molecule has 0 spiro atoms. The van der Waals surface area contributed by atoms with Crippen LogP contribution in [0.5, 0.6) is 0 Å². The Hall–Kier alpha value is -3.32. The van der Waals surface area contributed by atoms with E-state index < -0.39 is 0 Å². The van der Waals surface area contributed by atoms with Gasteiger partial charge in [-0.1, -0.05) is 36.4 Å². The molecular weight excluding hydrogens is 400 g/mol. The van der Waals surface area contributed by atoms with Crippen molar-refractivity contribution in [2.75, 3.05) is 32.0 Å². The fraction of sp³-hybridized carbons (Fsp3) is 0.360. The molecule has 2 heterocycles. The molecule has 0 radical (unpaired) electrons. The number of nitrogens with zero attached hydrogens (tertiary/aromatic N) is 2. The maximum absolute atomic E-state index is 12.6. The van der Waals surface area contributed by atoms with Crippen LogP contribution >= 0.6 is 0 Å². The van der Waals surface area contributed by atoms with Gasteiger partial charge in [0.15, 0.2) is 0 Å². The molecule has 168 valence electrons. The lowest BCUT2D eigenvalue weighted by Crippen LogP contribution is -2.40. The first-order valence-corrected chi connectivity index (χ1v) is 11.3. The number of hydrogen-bond acceptors (Lipinski definition) is 6. The number of likely N-dealkylation sites (tertiary alicyclic amines) is 1. The van der Waals surface area contributed by atoms with E-state index in [1.165, 1.54) is 11.8 Å². The van der Waals surface area contributed by atoms with Crippen LogP contribution in [0.3, 0.4) is 0 Å². The average molecular weight is 433 g/mol. The highest BCUT2D eigenvalue weighted by molar-refractivity contribution is 5.87. The van der Waals surface area contributed by atoms with Crippen LogP contribution in [0.1, 0.15) is 36.0 Å². The van der Waals surface area contributed by atoms with Gasteiger partial charge in [-0.15, -0.1) is 5.53 Å². The number of benzene rings is 2. The molecule has 2 aromatic rings. The third-order valence-corrected chi connectivity index (χ3v) is 6.23. The molecule has 1 saturated heterocycles. The van der Waals surface area contributed by atoms with Gasteiger partial charge in [-0.25, -0.2) is 0 Å². The zero-order valence-electron chi connectivity index (χ0n) is 18.6. The molecule has 0 bridgehead atoms. The lowest BCUT2D eigenvalue weighted by molar-refractivity contribution is -0.132. The number of aryl methyl sites for hydroxylation is 1. The monoisotopic (exact) mass is 432 g/mol. The lowest BCUT2D eigenvalue weighted by Gasteiger charge is -2.32. The minimum absolute atomic E-state index is 0.261. The summed E-state index contributed by atoms with van der Waals surface area (Å²) in [4.78, 5) is 14.6. The van der Waals surface area contributed by atoms with Crippen molar-refractivity contribution in [3.05, 3.63) is 71.4 Å². The Balaban J connectivity index is 1.24. The first-order chi connectivity index (χ1) is 15.6. The van der Waals surface area contributed by atoms with Crippen molar-refractivity contribution in [1.29, 1.82) is 5.41 Å². The summed E-state index contributed by atoms with van der Waals surface area (Å²) in [5.41, 5.74) is 11.2. The highest BCUT2D eigenvalue weighted by atomic mass is 16.2. The minimum Gasteiger partial charge on any atom is -0.384 e. The molecule has 0 saturated carbocycles.